The van der Waals surface area contributed by atoms with Crippen LogP contribution in [0.2, 0.25) is 0 Å². The van der Waals surface area contributed by atoms with Gasteiger partial charge < -0.3 is 44.5 Å². The summed E-state index contributed by atoms with van der Waals surface area (Å²) in [7, 11) is 0. The molecule has 0 bridgehead atoms. The van der Waals surface area contributed by atoms with Crippen LogP contribution >= 0.6 is 0 Å². The number of hydrogen-bond donors (Lipinski definition) is 4. The minimum absolute atomic E-state index is 0.00134. The molecule has 0 radical (unpaired) electrons. The monoisotopic (exact) mass is 1150 g/mol. The lowest BCUT2D eigenvalue weighted by Crippen LogP contribution is -2.44. The van der Waals surface area contributed by atoms with Gasteiger partial charge in [0.05, 0.1) is 24.9 Å². The van der Waals surface area contributed by atoms with E-state index in [9.17, 15) is 29.4 Å². The number of carbonyl (C=O) groups excluding carboxylic acids is 3. The van der Waals surface area contributed by atoms with Crippen molar-refractivity contribution in [3.8, 4) is 11.5 Å². The summed E-state index contributed by atoms with van der Waals surface area (Å²) in [5.41, 5.74) is 5.52. The Morgan fingerprint density at radius 2 is 0.881 bits per heavy atom. The highest BCUT2D eigenvalue weighted by Gasteiger charge is 2.33. The van der Waals surface area contributed by atoms with Crippen molar-refractivity contribution in [1.29, 1.82) is 0 Å². The Morgan fingerprint density at radius 3 is 1.31 bits per heavy atom. The maximum atomic E-state index is 13.6. The van der Waals surface area contributed by atoms with Gasteiger partial charge in [0, 0.05) is 18.3 Å². The number of carboxylic acid groups (broad SMARTS) is 1. The number of Topliss-reactive ketones (excluding diaryl/α,β-unsaturated/α-hetero) is 1. The number of ketones is 1. The van der Waals surface area contributed by atoms with Crippen LogP contribution in [0.25, 0.3) is 0 Å². The molecule has 8 atom stereocenters. The number of aryl methyl sites for hydroxylation is 3. The third kappa shape index (κ3) is 26.0. The van der Waals surface area contributed by atoms with Gasteiger partial charge in [-0.2, -0.15) is 0 Å². The number of aliphatic carboxylic acids is 1. The van der Waals surface area contributed by atoms with E-state index in [-0.39, 0.29) is 36.2 Å². The van der Waals surface area contributed by atoms with Crippen LogP contribution in [0, 0.1) is 25.7 Å². The molecule has 2 amide bonds. The van der Waals surface area contributed by atoms with Crippen LogP contribution in [0.3, 0.4) is 0 Å². The first-order valence-electron chi connectivity index (χ1n) is 29.7. The highest BCUT2D eigenvalue weighted by Crippen LogP contribution is 2.30. The smallest absolute Gasteiger partial charge is 0.408 e. The number of aliphatic hydroxyl groups excluding tert-OH is 1. The zero-order valence-corrected chi connectivity index (χ0v) is 51.1. The zero-order valence-electron chi connectivity index (χ0n) is 51.1. The first kappa shape index (κ1) is 67.3. The molecule has 0 aliphatic rings. The van der Waals surface area contributed by atoms with Gasteiger partial charge in [0.1, 0.15) is 41.0 Å². The van der Waals surface area contributed by atoms with Crippen LogP contribution in [0.1, 0.15) is 134 Å². The number of amides is 2. The lowest BCUT2D eigenvalue weighted by atomic mass is 9.85. The molecule has 6 aromatic carbocycles. The molecule has 6 rings (SSSR count). The number of aliphatic hydroxyl groups is 1. The summed E-state index contributed by atoms with van der Waals surface area (Å²) in [6, 6.07) is 54.5. The van der Waals surface area contributed by atoms with Gasteiger partial charge in [0.15, 0.2) is 5.78 Å². The fraction of sp³-hybridized carbons (Fsp3) is 0.437. The van der Waals surface area contributed by atoms with E-state index in [0.717, 1.165) is 40.8 Å². The number of rotatable bonds is 30. The Balaban J connectivity index is 0.000000326. The van der Waals surface area contributed by atoms with E-state index in [1.165, 1.54) is 11.1 Å². The molecule has 0 aliphatic carbocycles. The molecular formula is C71H92N2O11. The number of alkyl carbamates (subject to hydrolysis) is 2. The van der Waals surface area contributed by atoms with E-state index in [2.05, 4.69) is 73.0 Å². The molecule has 0 saturated heterocycles. The summed E-state index contributed by atoms with van der Waals surface area (Å²) >= 11 is 0. The summed E-state index contributed by atoms with van der Waals surface area (Å²) in [5.74, 6) is 0.337. The van der Waals surface area contributed by atoms with Gasteiger partial charge in [0.25, 0.3) is 0 Å². The second kappa shape index (κ2) is 34.3. The minimum atomic E-state index is -1.11. The molecule has 84 heavy (non-hydrogen) atoms. The molecule has 0 heterocycles. The van der Waals surface area contributed by atoms with Gasteiger partial charge in [-0.1, -0.05) is 170 Å². The van der Waals surface area contributed by atoms with Gasteiger partial charge in [-0.25, -0.2) is 14.4 Å². The summed E-state index contributed by atoms with van der Waals surface area (Å²) in [6.07, 6.45) is 2.68. The fourth-order valence-corrected chi connectivity index (χ4v) is 9.92. The maximum Gasteiger partial charge on any atom is 0.408 e. The number of benzene rings is 6. The number of ether oxygens (including phenoxy) is 5. The number of para-hydroxylation sites is 2. The van der Waals surface area contributed by atoms with Crippen molar-refractivity contribution >= 4 is 23.9 Å². The molecule has 4 N–H and O–H groups in total. The Kier molecular flexibility index (Phi) is 27.5. The quantitative estimate of drug-likeness (QED) is 0.0337. The van der Waals surface area contributed by atoms with Gasteiger partial charge in [-0.3, -0.25) is 4.79 Å². The largest absolute Gasteiger partial charge is 0.487 e. The van der Waals surface area contributed by atoms with E-state index >= 15 is 0 Å². The Bertz CT molecular complexity index is 2840. The Hall–Kier alpha value is -7.48. The number of carbonyl (C=O) groups is 4. The average Bonchev–Trinajstić information content (AvgIpc) is 3.59. The third-order valence-electron chi connectivity index (χ3n) is 14.2. The molecule has 0 fully saturated rings. The molecule has 0 spiro atoms. The van der Waals surface area contributed by atoms with E-state index in [0.29, 0.717) is 57.3 Å². The maximum absolute atomic E-state index is 13.6. The first-order chi connectivity index (χ1) is 40.0. The molecule has 13 nitrogen and oxygen atoms in total. The molecule has 0 aliphatic heterocycles. The zero-order chi connectivity index (χ0) is 61.1. The standard InChI is InChI=1S/C43H53NO5.C28H39NO6/c1-32-24-26-35(27-25-32)30-37(41(48-38-21-13-8-14-22-38)33(2)47-31-36-18-11-7-12-19-36)20-15-23-39(44-42(46)49-43(3,4)5)40(45)29-28-34-16-9-6-10-17-34;1-19-14-16-21(17-15-19)18-22(25(20(2)30)34-23-11-7-6-8-12-23)10-9-13-24(26(31)32)29-27(33)35-28(3,4)5/h6-14,16-19,21-22,24-27,33,37,39,41H,15,20,23,28-31H2,1-5H3,(H,44,46);6-8,11-12,14-17,20,22,24-25,30H,9-10,13,18H2,1-5H3,(H,29,33)(H,31,32)/t33-,37+,39-,41-;20-,22+,24-,25-/m00/s1. The summed E-state index contributed by atoms with van der Waals surface area (Å²) in [5, 5.41) is 25.6. The van der Waals surface area contributed by atoms with E-state index < -0.39 is 53.6 Å². The predicted octanol–water partition coefficient (Wildman–Crippen LogP) is 14.6. The van der Waals surface area contributed by atoms with Crippen LogP contribution in [-0.2, 0) is 49.7 Å². The van der Waals surface area contributed by atoms with Crippen LogP contribution in [0.4, 0.5) is 9.59 Å². The topological polar surface area (TPSA) is 179 Å². The molecular weight excluding hydrogens is 1060 g/mol. The number of carboxylic acids is 1. The second-order valence-electron chi connectivity index (χ2n) is 24.0. The fourth-order valence-electron chi connectivity index (χ4n) is 9.92. The first-order valence-corrected chi connectivity index (χ1v) is 29.7. The number of hydrogen-bond acceptors (Lipinski definition) is 10. The van der Waals surface area contributed by atoms with Gasteiger partial charge in [0.2, 0.25) is 0 Å². The molecule has 452 valence electrons. The van der Waals surface area contributed by atoms with Crippen molar-refractivity contribution in [1.82, 2.24) is 10.6 Å². The highest BCUT2D eigenvalue weighted by atomic mass is 16.6. The SMILES string of the molecule is Cc1ccc(C[C@@H](CCC[C@H](NC(=O)OC(C)(C)C)C(=O)CCc2ccccc2)[C@@H](Oc2ccccc2)[C@H](C)OCc2ccccc2)cc1.Cc1ccc(C[C@@H](CCC[C@H](NC(=O)OC(C)(C)C)C(=O)O)[C@@H](Oc2ccccc2)[C@H](C)O)cc1. The Labute approximate surface area is 499 Å². The van der Waals surface area contributed by atoms with E-state index in [4.69, 9.17) is 23.7 Å². The third-order valence-corrected chi connectivity index (χ3v) is 14.2. The van der Waals surface area contributed by atoms with Crippen molar-refractivity contribution in [3.63, 3.8) is 0 Å². The molecule has 13 heteroatoms. The normalized spacial score (nSPS) is 14.3. The second-order valence-corrected chi connectivity index (χ2v) is 24.0. The van der Waals surface area contributed by atoms with Crippen LogP contribution in [0.5, 0.6) is 11.5 Å². The molecule has 0 unspecified atom stereocenters. The van der Waals surface area contributed by atoms with Crippen molar-refractivity contribution in [2.24, 2.45) is 11.8 Å². The van der Waals surface area contributed by atoms with E-state index in [1.807, 2.05) is 149 Å². The van der Waals surface area contributed by atoms with Crippen LogP contribution < -0.4 is 20.1 Å². The van der Waals surface area contributed by atoms with E-state index in [1.54, 1.807) is 27.7 Å². The summed E-state index contributed by atoms with van der Waals surface area (Å²) < 4.78 is 30.2. The molecule has 0 aromatic heterocycles. The minimum Gasteiger partial charge on any atom is -0.487 e. The van der Waals surface area contributed by atoms with Gasteiger partial charge in [-0.05, 0) is 161 Å². The van der Waals surface area contributed by atoms with Crippen LogP contribution in [-0.4, -0.2) is 81.9 Å². The molecule has 0 saturated carbocycles. The lowest BCUT2D eigenvalue weighted by Gasteiger charge is -2.33. The lowest BCUT2D eigenvalue weighted by molar-refractivity contribution is -0.139. The summed E-state index contributed by atoms with van der Waals surface area (Å²) in [4.78, 5) is 50.3. The predicted molar refractivity (Wildman–Crippen MR) is 332 cm³/mol. The van der Waals surface area contributed by atoms with Gasteiger partial charge in [-0.15, -0.1) is 0 Å². The number of nitrogens with one attached hydrogen (secondary N) is 2. The van der Waals surface area contributed by atoms with Crippen LogP contribution in [0.15, 0.2) is 170 Å². The average molecular weight is 1150 g/mol. The summed E-state index contributed by atoms with van der Waals surface area (Å²) in [6.45, 7) is 19.0. The van der Waals surface area contributed by atoms with Gasteiger partial charge >= 0.3 is 18.2 Å². The van der Waals surface area contributed by atoms with Crippen molar-refractivity contribution in [2.45, 2.75) is 188 Å². The van der Waals surface area contributed by atoms with Crippen molar-refractivity contribution in [2.75, 3.05) is 0 Å². The van der Waals surface area contributed by atoms with Crippen molar-refractivity contribution < 1.29 is 53.1 Å². The Morgan fingerprint density at radius 1 is 0.488 bits per heavy atom. The van der Waals surface area contributed by atoms with Crippen molar-refractivity contribution in [3.05, 3.63) is 203 Å². The molecule has 6 aromatic rings. The highest BCUT2D eigenvalue weighted by molar-refractivity contribution is 5.87.